The lowest BCUT2D eigenvalue weighted by Gasteiger charge is -2.22. The summed E-state index contributed by atoms with van der Waals surface area (Å²) in [5.74, 6) is 0.989. The molecule has 0 amide bonds. The third kappa shape index (κ3) is 5.09. The fraction of sp³-hybridized carbons (Fsp3) is 0.571. The van der Waals surface area contributed by atoms with Crippen LogP contribution < -0.4 is 4.74 Å². The highest BCUT2D eigenvalue weighted by molar-refractivity contribution is 9.09. The number of benzene rings is 1. The van der Waals surface area contributed by atoms with Crippen LogP contribution in [0.3, 0.4) is 0 Å². The SMILES string of the molecule is CCCCN(CCBr)Cc1ccccc1OC. The molecule has 96 valence electrons. The minimum atomic E-state index is 0.968. The van der Waals surface area contributed by atoms with Crippen LogP contribution in [0.4, 0.5) is 0 Å². The number of rotatable bonds is 8. The number of hydrogen-bond donors (Lipinski definition) is 0. The van der Waals surface area contributed by atoms with Gasteiger partial charge in [0.15, 0.2) is 0 Å². The third-order valence-electron chi connectivity index (χ3n) is 2.82. The second-order valence-electron chi connectivity index (χ2n) is 4.13. The van der Waals surface area contributed by atoms with Crippen molar-refractivity contribution in [2.75, 3.05) is 25.5 Å². The van der Waals surface area contributed by atoms with E-state index in [1.165, 1.54) is 18.4 Å². The molecule has 2 nitrogen and oxygen atoms in total. The summed E-state index contributed by atoms with van der Waals surface area (Å²) in [6.45, 7) is 5.43. The van der Waals surface area contributed by atoms with Crippen molar-refractivity contribution < 1.29 is 4.74 Å². The molecular formula is C14H22BrNO. The van der Waals surface area contributed by atoms with Crippen LogP contribution >= 0.6 is 15.9 Å². The number of para-hydroxylation sites is 1. The van der Waals surface area contributed by atoms with E-state index < -0.39 is 0 Å². The van der Waals surface area contributed by atoms with E-state index >= 15 is 0 Å². The van der Waals surface area contributed by atoms with Gasteiger partial charge in [0.2, 0.25) is 0 Å². The molecule has 0 saturated carbocycles. The molecule has 0 aliphatic heterocycles. The van der Waals surface area contributed by atoms with E-state index in [-0.39, 0.29) is 0 Å². The van der Waals surface area contributed by atoms with Crippen LogP contribution in [0.25, 0.3) is 0 Å². The second-order valence-corrected chi connectivity index (χ2v) is 4.92. The fourth-order valence-electron chi connectivity index (χ4n) is 1.85. The zero-order valence-corrected chi connectivity index (χ0v) is 12.4. The Morgan fingerprint density at radius 1 is 1.24 bits per heavy atom. The number of unbranched alkanes of at least 4 members (excludes halogenated alkanes) is 1. The first-order valence-electron chi connectivity index (χ1n) is 6.22. The molecule has 0 spiro atoms. The smallest absolute Gasteiger partial charge is 0.123 e. The van der Waals surface area contributed by atoms with E-state index in [1.54, 1.807) is 7.11 Å². The molecule has 0 aromatic heterocycles. The molecule has 0 bridgehead atoms. The maximum Gasteiger partial charge on any atom is 0.123 e. The molecule has 0 radical (unpaired) electrons. The maximum atomic E-state index is 5.39. The van der Waals surface area contributed by atoms with Crippen molar-refractivity contribution in [3.63, 3.8) is 0 Å². The Kier molecular flexibility index (Phi) is 7.29. The highest BCUT2D eigenvalue weighted by atomic mass is 79.9. The first kappa shape index (κ1) is 14.5. The van der Waals surface area contributed by atoms with Crippen molar-refractivity contribution in [1.82, 2.24) is 4.90 Å². The van der Waals surface area contributed by atoms with Gasteiger partial charge >= 0.3 is 0 Å². The van der Waals surface area contributed by atoms with Gasteiger partial charge in [-0.05, 0) is 19.0 Å². The van der Waals surface area contributed by atoms with E-state index in [4.69, 9.17) is 4.74 Å². The normalized spacial score (nSPS) is 10.8. The predicted octanol–water partition coefficient (Wildman–Crippen LogP) is 3.69. The summed E-state index contributed by atoms with van der Waals surface area (Å²) in [6.07, 6.45) is 2.49. The monoisotopic (exact) mass is 299 g/mol. The van der Waals surface area contributed by atoms with Crippen LogP contribution in [0.2, 0.25) is 0 Å². The third-order valence-corrected chi connectivity index (χ3v) is 3.17. The Labute approximate surface area is 113 Å². The molecule has 0 N–H and O–H groups in total. The molecule has 1 aromatic carbocycles. The van der Waals surface area contributed by atoms with Gasteiger partial charge in [-0.3, -0.25) is 4.90 Å². The van der Waals surface area contributed by atoms with Crippen molar-refractivity contribution in [3.05, 3.63) is 29.8 Å². The van der Waals surface area contributed by atoms with Gasteiger partial charge in [-0.15, -0.1) is 0 Å². The highest BCUT2D eigenvalue weighted by Crippen LogP contribution is 2.19. The van der Waals surface area contributed by atoms with E-state index in [0.717, 1.165) is 30.7 Å². The zero-order chi connectivity index (χ0) is 12.5. The summed E-state index contributed by atoms with van der Waals surface area (Å²) in [7, 11) is 1.74. The van der Waals surface area contributed by atoms with Crippen molar-refractivity contribution in [3.8, 4) is 5.75 Å². The number of ether oxygens (including phenoxy) is 1. The standard InChI is InChI=1S/C14H22BrNO/c1-3-4-10-16(11-9-15)12-13-7-5-6-8-14(13)17-2/h5-8H,3-4,9-12H2,1-2H3. The predicted molar refractivity (Wildman–Crippen MR) is 77.0 cm³/mol. The van der Waals surface area contributed by atoms with Crippen LogP contribution in [0.5, 0.6) is 5.75 Å². The summed E-state index contributed by atoms with van der Waals surface area (Å²) >= 11 is 3.52. The minimum Gasteiger partial charge on any atom is -0.496 e. The van der Waals surface area contributed by atoms with Crippen molar-refractivity contribution in [2.24, 2.45) is 0 Å². The van der Waals surface area contributed by atoms with Crippen LogP contribution in [-0.4, -0.2) is 30.4 Å². The Bertz CT molecular complexity index is 317. The molecular weight excluding hydrogens is 278 g/mol. The number of methoxy groups -OCH3 is 1. The Balaban J connectivity index is 2.63. The molecule has 0 atom stereocenters. The molecule has 0 aliphatic carbocycles. The summed E-state index contributed by atoms with van der Waals surface area (Å²) in [4.78, 5) is 2.47. The van der Waals surface area contributed by atoms with Crippen LogP contribution in [0, 0.1) is 0 Å². The van der Waals surface area contributed by atoms with Crippen LogP contribution in [-0.2, 0) is 6.54 Å². The summed E-state index contributed by atoms with van der Waals surface area (Å²) in [6, 6.07) is 8.26. The van der Waals surface area contributed by atoms with E-state index in [0.29, 0.717) is 0 Å². The van der Waals surface area contributed by atoms with Crippen molar-refractivity contribution >= 4 is 15.9 Å². The van der Waals surface area contributed by atoms with Gasteiger partial charge in [-0.1, -0.05) is 47.5 Å². The van der Waals surface area contributed by atoms with Crippen LogP contribution in [0.15, 0.2) is 24.3 Å². The Hall–Kier alpha value is -0.540. The zero-order valence-electron chi connectivity index (χ0n) is 10.8. The van der Waals surface area contributed by atoms with Crippen molar-refractivity contribution in [2.45, 2.75) is 26.3 Å². The first-order valence-corrected chi connectivity index (χ1v) is 7.34. The van der Waals surface area contributed by atoms with E-state index in [2.05, 4.69) is 39.9 Å². The lowest BCUT2D eigenvalue weighted by atomic mass is 10.2. The van der Waals surface area contributed by atoms with Gasteiger partial charge in [-0.2, -0.15) is 0 Å². The van der Waals surface area contributed by atoms with Gasteiger partial charge in [0.1, 0.15) is 5.75 Å². The van der Waals surface area contributed by atoms with Gasteiger partial charge < -0.3 is 4.74 Å². The fourth-order valence-corrected chi connectivity index (χ4v) is 2.35. The number of hydrogen-bond acceptors (Lipinski definition) is 2. The summed E-state index contributed by atoms with van der Waals surface area (Å²) < 4.78 is 5.39. The van der Waals surface area contributed by atoms with Gasteiger partial charge in [0.05, 0.1) is 7.11 Å². The molecule has 3 heteroatoms. The lowest BCUT2D eigenvalue weighted by molar-refractivity contribution is 0.273. The largest absolute Gasteiger partial charge is 0.496 e. The van der Waals surface area contributed by atoms with Crippen molar-refractivity contribution in [1.29, 1.82) is 0 Å². The highest BCUT2D eigenvalue weighted by Gasteiger charge is 2.08. The average molecular weight is 300 g/mol. The Morgan fingerprint density at radius 3 is 2.65 bits per heavy atom. The van der Waals surface area contributed by atoms with E-state index in [1.807, 2.05) is 12.1 Å². The molecule has 0 heterocycles. The minimum absolute atomic E-state index is 0.968. The molecule has 1 aromatic rings. The first-order chi connectivity index (χ1) is 8.31. The topological polar surface area (TPSA) is 12.5 Å². The van der Waals surface area contributed by atoms with E-state index in [9.17, 15) is 0 Å². The number of nitrogens with zero attached hydrogens (tertiary/aromatic N) is 1. The number of halogens is 1. The quantitative estimate of drug-likeness (QED) is 0.679. The van der Waals surface area contributed by atoms with Crippen LogP contribution in [0.1, 0.15) is 25.3 Å². The van der Waals surface area contributed by atoms with Gasteiger partial charge in [0.25, 0.3) is 0 Å². The molecule has 0 saturated heterocycles. The summed E-state index contributed by atoms with van der Waals surface area (Å²) in [5.41, 5.74) is 1.27. The molecule has 17 heavy (non-hydrogen) atoms. The van der Waals surface area contributed by atoms with Gasteiger partial charge in [-0.25, -0.2) is 0 Å². The number of alkyl halides is 1. The maximum absolute atomic E-state index is 5.39. The molecule has 0 fully saturated rings. The molecule has 0 unspecified atom stereocenters. The Morgan fingerprint density at radius 2 is 2.00 bits per heavy atom. The molecule has 0 aliphatic rings. The molecule has 1 rings (SSSR count). The van der Waals surface area contributed by atoms with Gasteiger partial charge in [0, 0.05) is 24.0 Å². The second kappa shape index (κ2) is 8.54. The lowest BCUT2D eigenvalue weighted by Crippen LogP contribution is -2.26. The average Bonchev–Trinajstić information content (AvgIpc) is 2.37. The summed E-state index contributed by atoms with van der Waals surface area (Å²) in [5, 5.41) is 1.02.